The van der Waals surface area contributed by atoms with E-state index in [9.17, 15) is 10.1 Å². The first-order valence-corrected chi connectivity index (χ1v) is 9.14. The summed E-state index contributed by atoms with van der Waals surface area (Å²) in [5.41, 5.74) is 2.10. The molecule has 0 radical (unpaired) electrons. The average Bonchev–Trinajstić information content (AvgIpc) is 2.63. The Hall–Kier alpha value is -2.28. The highest BCUT2D eigenvalue weighted by Gasteiger charge is 2.29. The van der Waals surface area contributed by atoms with Gasteiger partial charge in [0, 0.05) is 21.1 Å². The second kappa shape index (κ2) is 7.15. The molecule has 2 aromatic carbocycles. The molecule has 0 bridgehead atoms. The summed E-state index contributed by atoms with van der Waals surface area (Å²) in [6.45, 7) is 3.80. The molecule has 26 heavy (non-hydrogen) atoms. The Bertz CT molecular complexity index is 1060. The van der Waals surface area contributed by atoms with Gasteiger partial charge in [0.05, 0.1) is 11.5 Å². The molecule has 1 atom stereocenters. The van der Waals surface area contributed by atoms with Crippen LogP contribution in [0.2, 0.25) is 10.0 Å². The Morgan fingerprint density at radius 3 is 2.46 bits per heavy atom. The molecule has 0 aliphatic carbocycles. The van der Waals surface area contributed by atoms with Crippen molar-refractivity contribution in [1.29, 1.82) is 5.26 Å². The molecule has 3 rings (SSSR count). The van der Waals surface area contributed by atoms with Crippen molar-refractivity contribution in [1.82, 2.24) is 4.98 Å². The average molecular weight is 385 g/mol. The lowest BCUT2D eigenvalue weighted by atomic mass is 9.78. The lowest BCUT2D eigenvalue weighted by molar-refractivity contribution is 0.607. The lowest BCUT2D eigenvalue weighted by Gasteiger charge is -2.24. The predicted molar refractivity (Wildman–Crippen MR) is 107 cm³/mol. The van der Waals surface area contributed by atoms with Gasteiger partial charge < -0.3 is 4.98 Å². The number of hydrogen-bond acceptors (Lipinski definition) is 2. The second-order valence-electron chi connectivity index (χ2n) is 6.60. The van der Waals surface area contributed by atoms with Crippen molar-refractivity contribution in [2.75, 3.05) is 0 Å². The Kier molecular flexibility index (Phi) is 5.09. The summed E-state index contributed by atoms with van der Waals surface area (Å²) in [5.74, 6) is 0. The number of rotatable bonds is 4. The van der Waals surface area contributed by atoms with Crippen LogP contribution in [0.4, 0.5) is 0 Å². The third-order valence-electron chi connectivity index (χ3n) is 4.78. The maximum absolute atomic E-state index is 12.1. The fraction of sp³-hybridized carbons (Fsp3) is 0.238. The number of halogens is 2. The van der Waals surface area contributed by atoms with Crippen molar-refractivity contribution in [3.8, 4) is 6.07 Å². The number of benzene rings is 2. The van der Waals surface area contributed by atoms with Gasteiger partial charge in [-0.05, 0) is 60.5 Å². The molecule has 3 aromatic rings. The molecular formula is C21H18Cl2N2O. The molecule has 0 fully saturated rings. The first kappa shape index (κ1) is 18.5. The highest BCUT2D eigenvalue weighted by Crippen LogP contribution is 2.34. The van der Waals surface area contributed by atoms with Gasteiger partial charge in [0.25, 0.3) is 5.56 Å². The van der Waals surface area contributed by atoms with E-state index in [0.717, 1.165) is 27.6 Å². The van der Waals surface area contributed by atoms with Gasteiger partial charge in [-0.2, -0.15) is 5.26 Å². The van der Waals surface area contributed by atoms with Gasteiger partial charge in [0.15, 0.2) is 0 Å². The molecule has 0 spiro atoms. The van der Waals surface area contributed by atoms with Gasteiger partial charge in [-0.1, -0.05) is 48.3 Å². The summed E-state index contributed by atoms with van der Waals surface area (Å²) in [6, 6.07) is 15.3. The number of aromatic nitrogens is 1. The zero-order chi connectivity index (χ0) is 18.9. The van der Waals surface area contributed by atoms with E-state index in [1.807, 2.05) is 38.1 Å². The van der Waals surface area contributed by atoms with Gasteiger partial charge in [0.1, 0.15) is 0 Å². The summed E-state index contributed by atoms with van der Waals surface area (Å²) < 4.78 is 0. The van der Waals surface area contributed by atoms with Crippen molar-refractivity contribution in [2.24, 2.45) is 0 Å². The maximum Gasteiger partial charge on any atom is 0.251 e. The minimum absolute atomic E-state index is 0.0926. The van der Waals surface area contributed by atoms with Gasteiger partial charge in [-0.15, -0.1) is 0 Å². The van der Waals surface area contributed by atoms with E-state index in [1.54, 1.807) is 18.2 Å². The van der Waals surface area contributed by atoms with Crippen molar-refractivity contribution in [3.05, 3.63) is 79.6 Å². The number of nitrogens with zero attached hydrogens (tertiary/aromatic N) is 1. The summed E-state index contributed by atoms with van der Waals surface area (Å²) in [6.07, 6.45) is 1.05. The minimum Gasteiger partial charge on any atom is -0.322 e. The number of fused-ring (bicyclic) bond motifs is 1. The van der Waals surface area contributed by atoms with Gasteiger partial charge >= 0.3 is 0 Å². The highest BCUT2D eigenvalue weighted by molar-refractivity contribution is 6.36. The summed E-state index contributed by atoms with van der Waals surface area (Å²) in [7, 11) is 0. The molecule has 0 saturated carbocycles. The first-order valence-electron chi connectivity index (χ1n) is 8.38. The Labute approximate surface area is 162 Å². The first-order chi connectivity index (χ1) is 12.4. The van der Waals surface area contributed by atoms with E-state index in [4.69, 9.17) is 23.2 Å². The van der Waals surface area contributed by atoms with Crippen LogP contribution in [0.5, 0.6) is 0 Å². The van der Waals surface area contributed by atoms with Crippen LogP contribution in [0, 0.1) is 11.3 Å². The maximum atomic E-state index is 12.1. The zero-order valence-electron chi connectivity index (χ0n) is 14.6. The summed E-state index contributed by atoms with van der Waals surface area (Å²) in [4.78, 5) is 15.0. The molecule has 5 heteroatoms. The zero-order valence-corrected chi connectivity index (χ0v) is 16.1. The quantitative estimate of drug-likeness (QED) is 0.652. The number of pyridine rings is 1. The normalized spacial score (nSPS) is 13.3. The van der Waals surface area contributed by atoms with Crippen LogP contribution in [0.15, 0.2) is 47.3 Å². The molecule has 0 aliphatic rings. The van der Waals surface area contributed by atoms with Gasteiger partial charge in [-0.3, -0.25) is 4.79 Å². The van der Waals surface area contributed by atoms with Crippen molar-refractivity contribution in [2.45, 2.75) is 32.1 Å². The smallest absolute Gasteiger partial charge is 0.251 e. The Morgan fingerprint density at radius 2 is 1.85 bits per heavy atom. The van der Waals surface area contributed by atoms with E-state index < -0.39 is 5.41 Å². The molecule has 0 aliphatic heterocycles. The minimum atomic E-state index is -0.830. The van der Waals surface area contributed by atoms with Crippen LogP contribution in [-0.4, -0.2) is 4.98 Å². The molecule has 132 valence electrons. The van der Waals surface area contributed by atoms with E-state index in [2.05, 4.69) is 11.1 Å². The fourth-order valence-electron chi connectivity index (χ4n) is 3.11. The van der Waals surface area contributed by atoms with E-state index in [0.29, 0.717) is 22.9 Å². The molecule has 0 saturated heterocycles. The molecule has 0 amide bonds. The van der Waals surface area contributed by atoms with E-state index in [1.165, 1.54) is 0 Å². The van der Waals surface area contributed by atoms with E-state index >= 15 is 0 Å². The highest BCUT2D eigenvalue weighted by atomic mass is 35.5. The lowest BCUT2D eigenvalue weighted by Crippen LogP contribution is -2.23. The van der Waals surface area contributed by atoms with Crippen molar-refractivity contribution < 1.29 is 0 Å². The second-order valence-corrected chi connectivity index (χ2v) is 7.41. The standard InChI is InChI=1S/C21H18Cl2N2O/c1-3-13-9-14-7-8-15(10-19(14)25-20(13)26)21(2,12-24)11-16-17(22)5-4-6-18(16)23/h4-10H,3,11H2,1-2H3,(H,25,26). The van der Waals surface area contributed by atoms with E-state index in [-0.39, 0.29) is 5.56 Å². The topological polar surface area (TPSA) is 56.6 Å². The third kappa shape index (κ3) is 3.35. The van der Waals surface area contributed by atoms with Crippen LogP contribution in [0.25, 0.3) is 10.9 Å². The number of nitrogens with one attached hydrogen (secondary N) is 1. The monoisotopic (exact) mass is 384 g/mol. The number of nitriles is 1. The Balaban J connectivity index is 2.10. The molecule has 1 aromatic heterocycles. The van der Waals surface area contributed by atoms with Crippen LogP contribution >= 0.6 is 23.2 Å². The molecule has 1 unspecified atom stereocenters. The fourth-order valence-corrected chi connectivity index (χ4v) is 3.64. The third-order valence-corrected chi connectivity index (χ3v) is 5.49. The number of aryl methyl sites for hydroxylation is 1. The van der Waals surface area contributed by atoms with Crippen molar-refractivity contribution >= 4 is 34.1 Å². The predicted octanol–water partition coefficient (Wildman–Crippen LogP) is 5.42. The summed E-state index contributed by atoms with van der Waals surface area (Å²) in [5, 5.41) is 11.9. The van der Waals surface area contributed by atoms with Crippen LogP contribution in [0.1, 0.15) is 30.5 Å². The Morgan fingerprint density at radius 1 is 1.15 bits per heavy atom. The molecular weight excluding hydrogens is 367 g/mol. The number of hydrogen-bond donors (Lipinski definition) is 1. The number of aromatic amines is 1. The molecule has 1 N–H and O–H groups in total. The van der Waals surface area contributed by atoms with Crippen LogP contribution in [0.3, 0.4) is 0 Å². The van der Waals surface area contributed by atoms with Crippen molar-refractivity contribution in [3.63, 3.8) is 0 Å². The molecule has 1 heterocycles. The number of H-pyrrole nitrogens is 1. The largest absolute Gasteiger partial charge is 0.322 e. The van der Waals surface area contributed by atoms with Crippen LogP contribution < -0.4 is 5.56 Å². The SMILES string of the molecule is CCc1cc2ccc(C(C)(C#N)Cc3c(Cl)cccc3Cl)cc2[nH]c1=O. The van der Waals surface area contributed by atoms with Gasteiger partial charge in [0.2, 0.25) is 0 Å². The summed E-state index contributed by atoms with van der Waals surface area (Å²) >= 11 is 12.6. The molecule has 3 nitrogen and oxygen atoms in total. The van der Waals surface area contributed by atoms with Gasteiger partial charge in [-0.25, -0.2) is 0 Å². The van der Waals surface area contributed by atoms with Crippen LogP contribution in [-0.2, 0) is 18.3 Å².